The fraction of sp³-hybridized carbons (Fsp3) is 0.600. The average Bonchev–Trinajstić information content (AvgIpc) is 2.58. The molecule has 0 aliphatic carbocycles. The number of thioether (sulfide) groups is 1. The highest BCUT2D eigenvalue weighted by molar-refractivity contribution is 8.00. The molecule has 0 fully saturated rings. The summed E-state index contributed by atoms with van der Waals surface area (Å²) in [6.07, 6.45) is 1.26. The van der Waals surface area contributed by atoms with Crippen LogP contribution in [-0.2, 0) is 9.84 Å². The van der Waals surface area contributed by atoms with Gasteiger partial charge >= 0.3 is 0 Å². The molecule has 0 radical (unpaired) electrons. The van der Waals surface area contributed by atoms with E-state index in [0.717, 1.165) is 0 Å². The second kappa shape index (κ2) is 6.05. The Balaban J connectivity index is 2.50. The second-order valence-corrected chi connectivity index (χ2v) is 8.56. The largest absolute Gasteiger partial charge is 0.329 e. The summed E-state index contributed by atoms with van der Waals surface area (Å²) < 4.78 is 22.0. The van der Waals surface area contributed by atoms with Gasteiger partial charge in [0.1, 0.15) is 9.84 Å². The van der Waals surface area contributed by atoms with Crippen LogP contribution in [0.2, 0.25) is 0 Å². The monoisotopic (exact) mass is 279 g/mol. The molecule has 2 N–H and O–H groups in total. The van der Waals surface area contributed by atoms with Crippen molar-refractivity contribution in [3.63, 3.8) is 0 Å². The zero-order chi connectivity index (χ0) is 12.2. The molecule has 1 rings (SSSR count). The molecule has 1 unspecified atom stereocenters. The first-order valence-electron chi connectivity index (χ1n) is 4.98. The summed E-state index contributed by atoms with van der Waals surface area (Å²) in [7, 11) is -2.86. The second-order valence-electron chi connectivity index (χ2n) is 3.67. The van der Waals surface area contributed by atoms with E-state index in [1.807, 2.05) is 0 Å². The van der Waals surface area contributed by atoms with E-state index in [1.54, 1.807) is 23.1 Å². The summed E-state index contributed by atoms with van der Waals surface area (Å²) in [5.74, 6) is 0.830. The molecule has 0 amide bonds. The van der Waals surface area contributed by atoms with Crippen LogP contribution in [0.4, 0.5) is 0 Å². The third kappa shape index (κ3) is 4.86. The van der Waals surface area contributed by atoms with Crippen LogP contribution in [0, 0.1) is 6.92 Å². The summed E-state index contributed by atoms with van der Waals surface area (Å²) in [6.45, 7) is 2.61. The zero-order valence-corrected chi connectivity index (χ0v) is 11.9. The first kappa shape index (κ1) is 14.0. The molecule has 0 aromatic carbocycles. The van der Waals surface area contributed by atoms with E-state index in [1.165, 1.54) is 16.0 Å². The normalized spacial score (nSPS) is 13.9. The van der Waals surface area contributed by atoms with Crippen molar-refractivity contribution >= 4 is 32.9 Å². The average molecular weight is 279 g/mol. The molecule has 16 heavy (non-hydrogen) atoms. The smallest absolute Gasteiger partial charge is 0.148 e. The van der Waals surface area contributed by atoms with Crippen molar-refractivity contribution in [2.45, 2.75) is 12.2 Å². The third-order valence-electron chi connectivity index (χ3n) is 2.07. The number of thiophene rings is 1. The summed E-state index contributed by atoms with van der Waals surface area (Å²) >= 11 is 3.35. The lowest BCUT2D eigenvalue weighted by atomic mass is 10.3. The van der Waals surface area contributed by atoms with Crippen LogP contribution in [-0.4, -0.2) is 32.7 Å². The van der Waals surface area contributed by atoms with Gasteiger partial charge in [-0.25, -0.2) is 8.42 Å². The van der Waals surface area contributed by atoms with Gasteiger partial charge in [0, 0.05) is 28.3 Å². The molecule has 1 aromatic rings. The number of rotatable bonds is 6. The van der Waals surface area contributed by atoms with Gasteiger partial charge in [0.2, 0.25) is 0 Å². The van der Waals surface area contributed by atoms with Crippen molar-refractivity contribution in [2.75, 3.05) is 24.3 Å². The van der Waals surface area contributed by atoms with Crippen LogP contribution >= 0.6 is 23.1 Å². The summed E-state index contributed by atoms with van der Waals surface area (Å²) in [5.41, 5.74) is 5.70. The predicted octanol–water partition coefficient (Wildman–Crippen LogP) is 1.83. The molecule has 0 aliphatic heterocycles. The Labute approximate surface area is 105 Å². The van der Waals surface area contributed by atoms with E-state index in [2.05, 4.69) is 19.1 Å². The van der Waals surface area contributed by atoms with Crippen LogP contribution < -0.4 is 5.73 Å². The van der Waals surface area contributed by atoms with Crippen molar-refractivity contribution in [2.24, 2.45) is 5.73 Å². The Kier molecular flexibility index (Phi) is 5.30. The topological polar surface area (TPSA) is 60.2 Å². The molecule has 3 nitrogen and oxygen atoms in total. The van der Waals surface area contributed by atoms with Gasteiger partial charge in [0.05, 0.1) is 11.0 Å². The SMILES string of the molecule is Cc1ccc(C(CN)SCCS(C)(=O)=O)s1. The standard InChI is InChI=1S/C10H17NO2S3/c1-8-3-4-9(15-8)10(7-11)14-5-6-16(2,12)13/h3-4,10H,5-7,11H2,1-2H3. The van der Waals surface area contributed by atoms with Crippen molar-refractivity contribution in [3.8, 4) is 0 Å². The molecule has 0 spiro atoms. The van der Waals surface area contributed by atoms with Gasteiger partial charge in [-0.1, -0.05) is 0 Å². The molecule has 1 aromatic heterocycles. The molecule has 0 bridgehead atoms. The molecule has 92 valence electrons. The lowest BCUT2D eigenvalue weighted by Crippen LogP contribution is -2.11. The third-order valence-corrected chi connectivity index (χ3v) is 5.82. The quantitative estimate of drug-likeness (QED) is 0.863. The van der Waals surface area contributed by atoms with Gasteiger partial charge in [-0.05, 0) is 19.1 Å². The van der Waals surface area contributed by atoms with Crippen molar-refractivity contribution < 1.29 is 8.42 Å². The first-order valence-corrected chi connectivity index (χ1v) is 8.90. The van der Waals surface area contributed by atoms with E-state index in [0.29, 0.717) is 12.3 Å². The zero-order valence-electron chi connectivity index (χ0n) is 9.47. The van der Waals surface area contributed by atoms with Crippen LogP contribution in [0.15, 0.2) is 12.1 Å². The minimum absolute atomic E-state index is 0.221. The fourth-order valence-corrected chi connectivity index (χ4v) is 4.71. The van der Waals surface area contributed by atoms with Crippen LogP contribution in [0.5, 0.6) is 0 Å². The Morgan fingerprint density at radius 2 is 2.19 bits per heavy atom. The van der Waals surface area contributed by atoms with E-state index in [-0.39, 0.29) is 11.0 Å². The molecule has 1 atom stereocenters. The Hall–Kier alpha value is -0.0400. The van der Waals surface area contributed by atoms with Crippen molar-refractivity contribution in [1.82, 2.24) is 0 Å². The molecule has 1 heterocycles. The lowest BCUT2D eigenvalue weighted by Gasteiger charge is -2.11. The van der Waals surface area contributed by atoms with Crippen LogP contribution in [0.3, 0.4) is 0 Å². The molecular weight excluding hydrogens is 262 g/mol. The molecule has 0 saturated heterocycles. The van der Waals surface area contributed by atoms with E-state index in [4.69, 9.17) is 5.73 Å². The maximum atomic E-state index is 11.0. The molecule has 0 aliphatic rings. The van der Waals surface area contributed by atoms with Gasteiger partial charge in [0.15, 0.2) is 0 Å². The van der Waals surface area contributed by atoms with Crippen molar-refractivity contribution in [1.29, 1.82) is 0 Å². The summed E-state index contributed by atoms with van der Waals surface area (Å²) in [4.78, 5) is 2.50. The first-order chi connectivity index (χ1) is 7.42. The minimum atomic E-state index is -2.86. The maximum absolute atomic E-state index is 11.0. The Bertz CT molecular complexity index is 425. The number of sulfone groups is 1. The van der Waals surface area contributed by atoms with Crippen LogP contribution in [0.25, 0.3) is 0 Å². The summed E-state index contributed by atoms with van der Waals surface area (Å²) in [5, 5.41) is 0.223. The van der Waals surface area contributed by atoms with Crippen LogP contribution in [0.1, 0.15) is 15.0 Å². The number of hydrogen-bond donors (Lipinski definition) is 1. The Morgan fingerprint density at radius 3 is 2.62 bits per heavy atom. The van der Waals surface area contributed by atoms with E-state index >= 15 is 0 Å². The van der Waals surface area contributed by atoms with Gasteiger partial charge in [-0.3, -0.25) is 0 Å². The van der Waals surface area contributed by atoms with Gasteiger partial charge in [0.25, 0.3) is 0 Å². The van der Waals surface area contributed by atoms with Gasteiger partial charge in [-0.2, -0.15) is 11.8 Å². The number of nitrogens with two attached hydrogens (primary N) is 1. The Morgan fingerprint density at radius 1 is 1.50 bits per heavy atom. The van der Waals surface area contributed by atoms with E-state index < -0.39 is 9.84 Å². The predicted molar refractivity (Wildman–Crippen MR) is 73.0 cm³/mol. The maximum Gasteiger partial charge on any atom is 0.148 e. The van der Waals surface area contributed by atoms with E-state index in [9.17, 15) is 8.42 Å². The van der Waals surface area contributed by atoms with Gasteiger partial charge in [-0.15, -0.1) is 11.3 Å². The van der Waals surface area contributed by atoms with Gasteiger partial charge < -0.3 is 5.73 Å². The number of aryl methyl sites for hydroxylation is 1. The van der Waals surface area contributed by atoms with Crippen molar-refractivity contribution in [3.05, 3.63) is 21.9 Å². The minimum Gasteiger partial charge on any atom is -0.329 e. The molecule has 6 heteroatoms. The number of hydrogen-bond acceptors (Lipinski definition) is 5. The lowest BCUT2D eigenvalue weighted by molar-refractivity contribution is 0.603. The molecule has 0 saturated carbocycles. The highest BCUT2D eigenvalue weighted by Crippen LogP contribution is 2.32. The summed E-state index contributed by atoms with van der Waals surface area (Å²) in [6, 6.07) is 4.14. The highest BCUT2D eigenvalue weighted by Gasteiger charge is 2.13. The highest BCUT2D eigenvalue weighted by atomic mass is 32.2. The fourth-order valence-electron chi connectivity index (χ4n) is 1.23. The molecular formula is C10H17NO2S3.